The summed E-state index contributed by atoms with van der Waals surface area (Å²) in [5.74, 6) is 1.96. The van der Waals surface area contributed by atoms with Crippen LogP contribution < -0.4 is 10.5 Å². The van der Waals surface area contributed by atoms with Crippen molar-refractivity contribution in [2.24, 2.45) is 5.73 Å². The monoisotopic (exact) mass is 342 g/mol. The molecule has 26 heavy (non-hydrogen) atoms. The number of nitrogens with one attached hydrogen (secondary N) is 1. The summed E-state index contributed by atoms with van der Waals surface area (Å²) in [5.41, 5.74) is 9.77. The van der Waals surface area contributed by atoms with Gasteiger partial charge in [-0.3, -0.25) is 0 Å². The lowest BCUT2D eigenvalue weighted by atomic mass is 9.91. The first-order valence-electron chi connectivity index (χ1n) is 8.91. The average Bonchev–Trinajstić information content (AvgIpc) is 3.11. The minimum absolute atomic E-state index is 0.262. The molecule has 3 heteroatoms. The number of aromatic nitrogens is 1. The zero-order chi connectivity index (χ0) is 17.8. The Morgan fingerprint density at radius 3 is 2.46 bits per heavy atom. The average molecular weight is 342 g/mol. The Labute approximate surface area is 153 Å². The molecule has 0 saturated heterocycles. The predicted molar refractivity (Wildman–Crippen MR) is 107 cm³/mol. The molecule has 3 N–H and O–H groups in total. The molecule has 0 saturated carbocycles. The van der Waals surface area contributed by atoms with Crippen LogP contribution in [0, 0.1) is 0 Å². The van der Waals surface area contributed by atoms with Crippen LogP contribution in [-0.2, 0) is 6.42 Å². The molecule has 4 rings (SSSR count). The molecule has 1 aromatic heterocycles. The molecule has 0 aliphatic heterocycles. The van der Waals surface area contributed by atoms with Crippen molar-refractivity contribution >= 4 is 10.9 Å². The second-order valence-corrected chi connectivity index (χ2v) is 6.49. The maximum atomic E-state index is 6.12. The lowest BCUT2D eigenvalue weighted by molar-refractivity contribution is 0.481. The van der Waals surface area contributed by atoms with Crippen LogP contribution in [0.3, 0.4) is 0 Å². The number of rotatable bonds is 6. The van der Waals surface area contributed by atoms with Crippen LogP contribution in [0.4, 0.5) is 0 Å². The molecular formula is C23H22N2O. The fourth-order valence-corrected chi connectivity index (χ4v) is 3.40. The van der Waals surface area contributed by atoms with Crippen LogP contribution in [-0.4, -0.2) is 11.5 Å². The fourth-order valence-electron chi connectivity index (χ4n) is 3.40. The minimum atomic E-state index is 0.262. The summed E-state index contributed by atoms with van der Waals surface area (Å²) >= 11 is 0. The maximum absolute atomic E-state index is 6.12. The zero-order valence-corrected chi connectivity index (χ0v) is 14.6. The summed E-state index contributed by atoms with van der Waals surface area (Å²) in [5, 5.41) is 1.25. The van der Waals surface area contributed by atoms with Gasteiger partial charge in [-0.05, 0) is 54.4 Å². The van der Waals surface area contributed by atoms with E-state index in [4.69, 9.17) is 10.5 Å². The molecule has 4 aromatic rings. The van der Waals surface area contributed by atoms with Crippen molar-refractivity contribution in [1.82, 2.24) is 4.98 Å². The third-order valence-electron chi connectivity index (χ3n) is 4.71. The van der Waals surface area contributed by atoms with Crippen LogP contribution >= 0.6 is 0 Å². The molecular weight excluding hydrogens is 320 g/mol. The van der Waals surface area contributed by atoms with E-state index < -0.39 is 0 Å². The molecule has 0 fully saturated rings. The highest BCUT2D eigenvalue weighted by Crippen LogP contribution is 2.29. The number of nitrogens with two attached hydrogens (primary N) is 1. The van der Waals surface area contributed by atoms with Crippen molar-refractivity contribution in [1.29, 1.82) is 0 Å². The Bertz CT molecular complexity index is 991. The quantitative estimate of drug-likeness (QED) is 0.503. The molecule has 1 unspecified atom stereocenters. The standard InChI is InChI=1S/C23H22N2O/c24-15-18(22-16-25-23-12-5-4-11-21(22)23)13-17-7-6-10-20(14-17)26-19-8-2-1-3-9-19/h1-12,14,16,18,25H,13,15,24H2. The van der Waals surface area contributed by atoms with Crippen LogP contribution in [0.2, 0.25) is 0 Å². The normalized spacial score (nSPS) is 12.2. The molecule has 0 bridgehead atoms. The lowest BCUT2D eigenvalue weighted by Crippen LogP contribution is -2.14. The molecule has 1 atom stereocenters. The molecule has 0 radical (unpaired) electrons. The van der Waals surface area contributed by atoms with Gasteiger partial charge >= 0.3 is 0 Å². The van der Waals surface area contributed by atoms with E-state index in [-0.39, 0.29) is 5.92 Å². The van der Waals surface area contributed by atoms with E-state index in [9.17, 15) is 0 Å². The number of hydrogen-bond acceptors (Lipinski definition) is 2. The molecule has 0 amide bonds. The van der Waals surface area contributed by atoms with E-state index in [2.05, 4.69) is 41.5 Å². The van der Waals surface area contributed by atoms with Gasteiger partial charge in [0.1, 0.15) is 11.5 Å². The summed E-state index contributed by atoms with van der Waals surface area (Å²) in [6.45, 7) is 0.603. The smallest absolute Gasteiger partial charge is 0.127 e. The molecule has 1 heterocycles. The highest BCUT2D eigenvalue weighted by Gasteiger charge is 2.15. The Hall–Kier alpha value is -3.04. The van der Waals surface area contributed by atoms with Crippen molar-refractivity contribution in [3.63, 3.8) is 0 Å². The molecule has 0 aliphatic carbocycles. The van der Waals surface area contributed by atoms with Crippen molar-refractivity contribution in [2.75, 3.05) is 6.54 Å². The Morgan fingerprint density at radius 2 is 1.62 bits per heavy atom. The Balaban J connectivity index is 1.56. The number of aromatic amines is 1. The first-order chi connectivity index (χ1) is 12.8. The highest BCUT2D eigenvalue weighted by atomic mass is 16.5. The number of hydrogen-bond donors (Lipinski definition) is 2. The van der Waals surface area contributed by atoms with Gasteiger partial charge in [-0.15, -0.1) is 0 Å². The fraction of sp³-hybridized carbons (Fsp3) is 0.130. The van der Waals surface area contributed by atoms with E-state index in [1.807, 2.05) is 48.5 Å². The summed E-state index contributed by atoms with van der Waals surface area (Å²) < 4.78 is 5.96. The highest BCUT2D eigenvalue weighted by molar-refractivity contribution is 5.83. The van der Waals surface area contributed by atoms with Crippen LogP contribution in [0.1, 0.15) is 17.0 Å². The number of ether oxygens (including phenoxy) is 1. The summed E-state index contributed by atoms with van der Waals surface area (Å²) in [6.07, 6.45) is 2.97. The van der Waals surface area contributed by atoms with E-state index >= 15 is 0 Å². The predicted octanol–water partition coefficient (Wildman–Crippen LogP) is 5.25. The van der Waals surface area contributed by atoms with Crippen LogP contribution in [0.5, 0.6) is 11.5 Å². The van der Waals surface area contributed by atoms with Gasteiger partial charge in [-0.25, -0.2) is 0 Å². The topological polar surface area (TPSA) is 51.0 Å². The lowest BCUT2D eigenvalue weighted by Gasteiger charge is -2.15. The van der Waals surface area contributed by atoms with Crippen molar-refractivity contribution in [3.8, 4) is 11.5 Å². The maximum Gasteiger partial charge on any atom is 0.127 e. The third-order valence-corrected chi connectivity index (χ3v) is 4.71. The van der Waals surface area contributed by atoms with Gasteiger partial charge in [-0.2, -0.15) is 0 Å². The van der Waals surface area contributed by atoms with E-state index in [1.165, 1.54) is 16.5 Å². The van der Waals surface area contributed by atoms with Gasteiger partial charge in [0.25, 0.3) is 0 Å². The van der Waals surface area contributed by atoms with E-state index in [0.717, 1.165) is 23.4 Å². The number of para-hydroxylation sites is 2. The number of fused-ring (bicyclic) bond motifs is 1. The number of benzene rings is 3. The summed E-state index contributed by atoms with van der Waals surface area (Å²) in [4.78, 5) is 3.35. The van der Waals surface area contributed by atoms with E-state index in [1.54, 1.807) is 0 Å². The van der Waals surface area contributed by atoms with Gasteiger partial charge in [0.05, 0.1) is 0 Å². The first kappa shape index (κ1) is 16.4. The largest absolute Gasteiger partial charge is 0.457 e. The molecule has 130 valence electrons. The van der Waals surface area contributed by atoms with Gasteiger partial charge in [0.15, 0.2) is 0 Å². The third kappa shape index (κ3) is 3.48. The Morgan fingerprint density at radius 1 is 0.846 bits per heavy atom. The summed E-state index contributed by atoms with van der Waals surface area (Å²) in [6, 6.07) is 26.5. The SMILES string of the molecule is NCC(Cc1cccc(Oc2ccccc2)c1)c1c[nH]c2ccccc12. The second-order valence-electron chi connectivity index (χ2n) is 6.49. The zero-order valence-electron chi connectivity index (χ0n) is 14.6. The van der Waals surface area contributed by atoms with E-state index in [0.29, 0.717) is 6.54 Å². The van der Waals surface area contributed by atoms with Gasteiger partial charge in [0.2, 0.25) is 0 Å². The molecule has 3 aromatic carbocycles. The Kier molecular flexibility index (Phi) is 4.71. The van der Waals surface area contributed by atoms with Crippen molar-refractivity contribution in [2.45, 2.75) is 12.3 Å². The minimum Gasteiger partial charge on any atom is -0.457 e. The van der Waals surface area contributed by atoms with Gasteiger partial charge < -0.3 is 15.5 Å². The van der Waals surface area contributed by atoms with Crippen molar-refractivity contribution in [3.05, 3.63) is 96.2 Å². The number of H-pyrrole nitrogens is 1. The van der Waals surface area contributed by atoms with Crippen LogP contribution in [0.15, 0.2) is 85.1 Å². The van der Waals surface area contributed by atoms with Gasteiger partial charge in [0, 0.05) is 23.0 Å². The van der Waals surface area contributed by atoms with Crippen LogP contribution in [0.25, 0.3) is 10.9 Å². The molecule has 0 aliphatic rings. The second kappa shape index (κ2) is 7.46. The van der Waals surface area contributed by atoms with Gasteiger partial charge in [-0.1, -0.05) is 48.5 Å². The van der Waals surface area contributed by atoms with Crippen molar-refractivity contribution < 1.29 is 4.74 Å². The molecule has 0 spiro atoms. The molecule has 3 nitrogen and oxygen atoms in total. The first-order valence-corrected chi connectivity index (χ1v) is 8.91. The summed E-state index contributed by atoms with van der Waals surface area (Å²) in [7, 11) is 0.